The average molecular weight is 279 g/mol. The number of urea groups is 1. The first-order chi connectivity index (χ1) is 9.49. The van der Waals surface area contributed by atoms with Crippen molar-refractivity contribution in [1.82, 2.24) is 20.4 Å². The summed E-state index contributed by atoms with van der Waals surface area (Å²) in [6.07, 6.45) is 3.98. The molecule has 8 nitrogen and oxygen atoms in total. The molecule has 1 aliphatic heterocycles. The molecule has 0 spiro atoms. The molecule has 0 fully saturated rings. The lowest BCUT2D eigenvalue weighted by Gasteiger charge is -2.27. The molecule has 3 N–H and O–H groups in total. The SMILES string of the molecule is CC(C)[C@@H]1C=CCN1C(=O)NCc1nc(C(N)=O)no1. The van der Waals surface area contributed by atoms with Gasteiger partial charge in [0, 0.05) is 6.54 Å². The van der Waals surface area contributed by atoms with E-state index in [1.165, 1.54) is 0 Å². The van der Waals surface area contributed by atoms with Crippen LogP contribution in [0.3, 0.4) is 0 Å². The number of nitrogens with zero attached hydrogens (tertiary/aromatic N) is 3. The highest BCUT2D eigenvalue weighted by Crippen LogP contribution is 2.17. The van der Waals surface area contributed by atoms with E-state index >= 15 is 0 Å². The van der Waals surface area contributed by atoms with Gasteiger partial charge in [-0.1, -0.05) is 31.2 Å². The Morgan fingerprint density at radius 2 is 2.35 bits per heavy atom. The summed E-state index contributed by atoms with van der Waals surface area (Å²) < 4.78 is 4.80. The van der Waals surface area contributed by atoms with E-state index in [2.05, 4.69) is 29.3 Å². The van der Waals surface area contributed by atoms with E-state index in [1.54, 1.807) is 4.90 Å². The fourth-order valence-corrected chi connectivity index (χ4v) is 2.02. The fraction of sp³-hybridized carbons (Fsp3) is 0.500. The van der Waals surface area contributed by atoms with E-state index in [0.29, 0.717) is 12.5 Å². The van der Waals surface area contributed by atoms with E-state index in [1.807, 2.05) is 12.2 Å². The highest BCUT2D eigenvalue weighted by atomic mass is 16.5. The third-order valence-corrected chi connectivity index (χ3v) is 3.02. The van der Waals surface area contributed by atoms with Crippen LogP contribution in [0.2, 0.25) is 0 Å². The zero-order valence-electron chi connectivity index (χ0n) is 11.4. The van der Waals surface area contributed by atoms with Crippen LogP contribution in [0.4, 0.5) is 4.79 Å². The third-order valence-electron chi connectivity index (χ3n) is 3.02. The van der Waals surface area contributed by atoms with Gasteiger partial charge in [-0.25, -0.2) is 4.79 Å². The van der Waals surface area contributed by atoms with Crippen molar-refractivity contribution < 1.29 is 14.1 Å². The van der Waals surface area contributed by atoms with Gasteiger partial charge < -0.3 is 20.5 Å². The minimum absolute atomic E-state index is 0.0560. The lowest BCUT2D eigenvalue weighted by atomic mass is 10.1. The van der Waals surface area contributed by atoms with Gasteiger partial charge in [0.2, 0.25) is 5.89 Å². The number of hydrogen-bond donors (Lipinski definition) is 2. The molecule has 0 aliphatic carbocycles. The zero-order chi connectivity index (χ0) is 14.7. The third kappa shape index (κ3) is 2.95. The summed E-state index contributed by atoms with van der Waals surface area (Å²) in [5.74, 6) is -0.489. The Hall–Kier alpha value is -2.38. The van der Waals surface area contributed by atoms with Gasteiger partial charge in [-0.2, -0.15) is 4.98 Å². The molecule has 1 aromatic rings. The zero-order valence-corrected chi connectivity index (χ0v) is 11.4. The van der Waals surface area contributed by atoms with Crippen LogP contribution in [0.5, 0.6) is 0 Å². The number of nitrogens with two attached hydrogens (primary N) is 1. The van der Waals surface area contributed by atoms with Crippen LogP contribution in [0.25, 0.3) is 0 Å². The molecule has 1 aromatic heterocycles. The van der Waals surface area contributed by atoms with E-state index in [0.717, 1.165) is 0 Å². The number of rotatable bonds is 4. The summed E-state index contributed by atoms with van der Waals surface area (Å²) in [5, 5.41) is 6.07. The molecule has 0 saturated heterocycles. The second-order valence-corrected chi connectivity index (χ2v) is 4.85. The second kappa shape index (κ2) is 5.72. The summed E-state index contributed by atoms with van der Waals surface area (Å²) in [6, 6.07) is -0.133. The van der Waals surface area contributed by atoms with Crippen molar-refractivity contribution in [2.75, 3.05) is 6.54 Å². The lowest BCUT2D eigenvalue weighted by Crippen LogP contribution is -2.44. The maximum atomic E-state index is 12.1. The highest BCUT2D eigenvalue weighted by Gasteiger charge is 2.27. The number of hydrogen-bond acceptors (Lipinski definition) is 5. The van der Waals surface area contributed by atoms with Gasteiger partial charge in [-0.3, -0.25) is 4.79 Å². The Balaban J connectivity index is 1.90. The molecule has 8 heteroatoms. The van der Waals surface area contributed by atoms with Gasteiger partial charge in [0.1, 0.15) is 0 Å². The van der Waals surface area contributed by atoms with Crippen molar-refractivity contribution >= 4 is 11.9 Å². The predicted octanol–water partition coefficient (Wildman–Crippen LogP) is 0.275. The van der Waals surface area contributed by atoms with Crippen LogP contribution in [-0.4, -0.2) is 39.6 Å². The van der Waals surface area contributed by atoms with Crippen molar-refractivity contribution in [2.45, 2.75) is 26.4 Å². The molecule has 1 aliphatic rings. The van der Waals surface area contributed by atoms with E-state index in [-0.39, 0.29) is 30.3 Å². The standard InChI is InChI=1S/C12H17N5O3/c1-7(2)8-4-3-5-17(8)12(19)14-6-9-15-11(10(13)18)16-20-9/h3-4,7-8H,5-6H2,1-2H3,(H2,13,18)(H,14,19)/t8-/m0/s1. The van der Waals surface area contributed by atoms with Gasteiger partial charge in [-0.05, 0) is 5.92 Å². The van der Waals surface area contributed by atoms with E-state index < -0.39 is 5.91 Å². The molecule has 108 valence electrons. The fourth-order valence-electron chi connectivity index (χ4n) is 2.02. The molecule has 0 radical (unpaired) electrons. The Morgan fingerprint density at radius 3 is 2.95 bits per heavy atom. The number of carbonyl (C=O) groups excluding carboxylic acids is 2. The molecule has 3 amide bonds. The van der Waals surface area contributed by atoms with E-state index in [9.17, 15) is 9.59 Å². The first-order valence-electron chi connectivity index (χ1n) is 6.32. The molecule has 1 atom stereocenters. The first-order valence-corrected chi connectivity index (χ1v) is 6.32. The Bertz CT molecular complexity index is 537. The Kier molecular flexibility index (Phi) is 4.02. The smallest absolute Gasteiger partial charge is 0.318 e. The van der Waals surface area contributed by atoms with Gasteiger partial charge >= 0.3 is 6.03 Å². The average Bonchev–Trinajstić information content (AvgIpc) is 3.04. The molecule has 2 rings (SSSR count). The monoisotopic (exact) mass is 279 g/mol. The lowest BCUT2D eigenvalue weighted by molar-refractivity contribution is 0.0987. The van der Waals surface area contributed by atoms with Crippen LogP contribution >= 0.6 is 0 Å². The quantitative estimate of drug-likeness (QED) is 0.768. The second-order valence-electron chi connectivity index (χ2n) is 4.85. The largest absolute Gasteiger partial charge is 0.363 e. The van der Waals surface area contributed by atoms with Crippen molar-refractivity contribution in [3.05, 3.63) is 23.9 Å². The van der Waals surface area contributed by atoms with Crippen molar-refractivity contribution in [2.24, 2.45) is 11.7 Å². The first kappa shape index (κ1) is 14.0. The van der Waals surface area contributed by atoms with Gasteiger partial charge in [0.15, 0.2) is 0 Å². The van der Waals surface area contributed by atoms with Crippen LogP contribution < -0.4 is 11.1 Å². The number of nitrogens with one attached hydrogen (secondary N) is 1. The molecule has 0 unspecified atom stereocenters. The molecule has 0 saturated carbocycles. The predicted molar refractivity (Wildman–Crippen MR) is 69.5 cm³/mol. The molecule has 0 aromatic carbocycles. The van der Waals surface area contributed by atoms with Crippen LogP contribution in [0.15, 0.2) is 16.7 Å². The van der Waals surface area contributed by atoms with Crippen LogP contribution in [0, 0.1) is 5.92 Å². The van der Waals surface area contributed by atoms with Crippen molar-refractivity contribution in [3.8, 4) is 0 Å². The van der Waals surface area contributed by atoms with Crippen LogP contribution in [-0.2, 0) is 6.54 Å². The van der Waals surface area contributed by atoms with Crippen molar-refractivity contribution in [3.63, 3.8) is 0 Å². The molecule has 0 bridgehead atoms. The number of aromatic nitrogens is 2. The number of primary amides is 1. The minimum Gasteiger partial charge on any atom is -0.363 e. The summed E-state index contributed by atoms with van der Waals surface area (Å²) in [4.78, 5) is 28.4. The Morgan fingerprint density at radius 1 is 1.60 bits per heavy atom. The minimum atomic E-state index is -0.769. The topological polar surface area (TPSA) is 114 Å². The normalized spacial score (nSPS) is 17.8. The molecular weight excluding hydrogens is 262 g/mol. The van der Waals surface area contributed by atoms with Crippen molar-refractivity contribution in [1.29, 1.82) is 0 Å². The number of carbonyl (C=O) groups is 2. The molecule has 20 heavy (non-hydrogen) atoms. The van der Waals surface area contributed by atoms with Crippen LogP contribution in [0.1, 0.15) is 30.4 Å². The van der Waals surface area contributed by atoms with E-state index in [4.69, 9.17) is 10.3 Å². The number of amides is 3. The summed E-state index contributed by atoms with van der Waals surface area (Å²) in [5.41, 5.74) is 5.01. The maximum absolute atomic E-state index is 12.1. The maximum Gasteiger partial charge on any atom is 0.318 e. The van der Waals surface area contributed by atoms with Gasteiger partial charge in [0.05, 0.1) is 12.6 Å². The van der Waals surface area contributed by atoms with Gasteiger partial charge in [-0.15, -0.1) is 0 Å². The summed E-state index contributed by atoms with van der Waals surface area (Å²) in [7, 11) is 0. The summed E-state index contributed by atoms with van der Waals surface area (Å²) >= 11 is 0. The molecule has 2 heterocycles. The summed E-state index contributed by atoms with van der Waals surface area (Å²) in [6.45, 7) is 4.74. The Labute approximate surface area is 116 Å². The van der Waals surface area contributed by atoms with Gasteiger partial charge in [0.25, 0.3) is 11.7 Å². The highest BCUT2D eigenvalue weighted by molar-refractivity contribution is 5.88. The molecular formula is C12H17N5O3.